The van der Waals surface area contributed by atoms with Gasteiger partial charge in [-0.15, -0.1) is 0 Å². The van der Waals surface area contributed by atoms with Crippen molar-refractivity contribution >= 4 is 0 Å². The van der Waals surface area contributed by atoms with Crippen LogP contribution in [0.5, 0.6) is 0 Å². The quantitative estimate of drug-likeness (QED) is 0.779. The first-order chi connectivity index (χ1) is 8.72. The molecule has 1 aromatic rings. The Bertz CT molecular complexity index is 358. The summed E-state index contributed by atoms with van der Waals surface area (Å²) in [6, 6.07) is 8.45. The van der Waals surface area contributed by atoms with Gasteiger partial charge in [-0.05, 0) is 18.9 Å². The SMILES string of the molecule is CCCCCC(O)C1COC1c1ccc(C)cc1. The molecular formula is C16H24O2. The van der Waals surface area contributed by atoms with Gasteiger partial charge < -0.3 is 9.84 Å². The van der Waals surface area contributed by atoms with Crippen LogP contribution in [0, 0.1) is 12.8 Å². The Morgan fingerprint density at radius 1 is 1.28 bits per heavy atom. The highest BCUT2D eigenvalue weighted by Crippen LogP contribution is 2.38. The third kappa shape index (κ3) is 3.12. The second kappa shape index (κ2) is 6.35. The zero-order valence-corrected chi connectivity index (χ0v) is 11.4. The van der Waals surface area contributed by atoms with E-state index in [4.69, 9.17) is 4.74 Å². The molecule has 0 spiro atoms. The van der Waals surface area contributed by atoms with E-state index in [0.29, 0.717) is 6.61 Å². The van der Waals surface area contributed by atoms with E-state index in [1.165, 1.54) is 24.0 Å². The summed E-state index contributed by atoms with van der Waals surface area (Å²) in [6.45, 7) is 4.97. The van der Waals surface area contributed by atoms with Gasteiger partial charge in [0.1, 0.15) is 0 Å². The monoisotopic (exact) mass is 248 g/mol. The molecule has 1 N–H and O–H groups in total. The maximum atomic E-state index is 10.2. The summed E-state index contributed by atoms with van der Waals surface area (Å²) in [7, 11) is 0. The van der Waals surface area contributed by atoms with Crippen LogP contribution < -0.4 is 0 Å². The average Bonchev–Trinajstić information content (AvgIpc) is 2.31. The molecule has 1 heterocycles. The number of aliphatic hydroxyl groups is 1. The zero-order valence-electron chi connectivity index (χ0n) is 11.4. The standard InChI is InChI=1S/C16H24O2/c1-3-4-5-6-15(17)14-11-18-16(14)13-9-7-12(2)8-10-13/h7-10,14-17H,3-6,11H2,1-2H3. The highest BCUT2D eigenvalue weighted by Gasteiger charge is 2.38. The van der Waals surface area contributed by atoms with Crippen molar-refractivity contribution in [1.82, 2.24) is 0 Å². The molecule has 3 unspecified atom stereocenters. The number of aryl methyl sites for hydroxylation is 1. The van der Waals surface area contributed by atoms with Gasteiger partial charge in [-0.25, -0.2) is 0 Å². The largest absolute Gasteiger partial charge is 0.393 e. The highest BCUT2D eigenvalue weighted by atomic mass is 16.5. The second-order valence-corrected chi connectivity index (χ2v) is 5.39. The fourth-order valence-corrected chi connectivity index (χ4v) is 2.53. The van der Waals surface area contributed by atoms with E-state index in [9.17, 15) is 5.11 Å². The molecule has 2 heteroatoms. The van der Waals surface area contributed by atoms with Gasteiger partial charge in [-0.3, -0.25) is 0 Å². The smallest absolute Gasteiger partial charge is 0.0900 e. The lowest BCUT2D eigenvalue weighted by Gasteiger charge is -2.40. The minimum absolute atomic E-state index is 0.0993. The molecule has 3 atom stereocenters. The van der Waals surface area contributed by atoms with E-state index in [0.717, 1.165) is 12.8 Å². The second-order valence-electron chi connectivity index (χ2n) is 5.39. The van der Waals surface area contributed by atoms with E-state index in [-0.39, 0.29) is 18.1 Å². The predicted molar refractivity (Wildman–Crippen MR) is 73.5 cm³/mol. The molecule has 1 aromatic carbocycles. The molecule has 0 amide bonds. The lowest BCUT2D eigenvalue weighted by molar-refractivity contribution is -0.162. The molecule has 0 aromatic heterocycles. The summed E-state index contributed by atoms with van der Waals surface area (Å²) >= 11 is 0. The van der Waals surface area contributed by atoms with E-state index >= 15 is 0 Å². The number of hydrogen-bond acceptors (Lipinski definition) is 2. The van der Waals surface area contributed by atoms with Crippen molar-refractivity contribution < 1.29 is 9.84 Å². The number of hydrogen-bond donors (Lipinski definition) is 1. The van der Waals surface area contributed by atoms with Crippen LogP contribution in [0.1, 0.15) is 49.8 Å². The first-order valence-electron chi connectivity index (χ1n) is 7.08. The average molecular weight is 248 g/mol. The minimum Gasteiger partial charge on any atom is -0.393 e. The predicted octanol–water partition coefficient (Wildman–Crippen LogP) is 3.62. The lowest BCUT2D eigenvalue weighted by Crippen LogP contribution is -2.41. The third-order valence-electron chi connectivity index (χ3n) is 3.86. The van der Waals surface area contributed by atoms with Gasteiger partial charge in [0.05, 0.1) is 18.8 Å². The summed E-state index contributed by atoms with van der Waals surface area (Å²) in [5, 5.41) is 10.2. The molecule has 1 aliphatic heterocycles. The van der Waals surface area contributed by atoms with Crippen molar-refractivity contribution in [2.45, 2.75) is 51.7 Å². The first-order valence-corrected chi connectivity index (χ1v) is 7.08. The van der Waals surface area contributed by atoms with Gasteiger partial charge in [0.25, 0.3) is 0 Å². The Labute approximate surface area is 110 Å². The zero-order chi connectivity index (χ0) is 13.0. The van der Waals surface area contributed by atoms with Crippen molar-refractivity contribution in [2.75, 3.05) is 6.61 Å². The number of unbranched alkanes of at least 4 members (excludes halogenated alkanes) is 2. The van der Waals surface area contributed by atoms with E-state index < -0.39 is 0 Å². The minimum atomic E-state index is -0.211. The van der Waals surface area contributed by atoms with Crippen LogP contribution in [0.4, 0.5) is 0 Å². The molecule has 1 fully saturated rings. The molecule has 0 saturated carbocycles. The van der Waals surface area contributed by atoms with E-state index in [1.807, 2.05) is 0 Å². The van der Waals surface area contributed by atoms with Crippen LogP contribution >= 0.6 is 0 Å². The third-order valence-corrected chi connectivity index (χ3v) is 3.86. The Hall–Kier alpha value is -0.860. The van der Waals surface area contributed by atoms with Crippen molar-refractivity contribution in [3.8, 4) is 0 Å². The summed E-state index contributed by atoms with van der Waals surface area (Å²) in [5.74, 6) is 0.282. The first kappa shape index (κ1) is 13.6. The van der Waals surface area contributed by atoms with Crippen LogP contribution in [-0.2, 0) is 4.74 Å². The fraction of sp³-hybridized carbons (Fsp3) is 0.625. The summed E-state index contributed by atoms with van der Waals surface area (Å²) in [4.78, 5) is 0. The Morgan fingerprint density at radius 2 is 2.00 bits per heavy atom. The topological polar surface area (TPSA) is 29.5 Å². The normalized spacial score (nSPS) is 24.6. The van der Waals surface area contributed by atoms with Gasteiger partial charge >= 0.3 is 0 Å². The van der Waals surface area contributed by atoms with Crippen molar-refractivity contribution in [2.24, 2.45) is 5.92 Å². The van der Waals surface area contributed by atoms with Gasteiger partial charge in [-0.1, -0.05) is 56.0 Å². The molecule has 2 nitrogen and oxygen atoms in total. The maximum Gasteiger partial charge on any atom is 0.0900 e. The molecular weight excluding hydrogens is 224 g/mol. The molecule has 100 valence electrons. The Balaban J connectivity index is 1.89. The van der Waals surface area contributed by atoms with Gasteiger partial charge in [-0.2, -0.15) is 0 Å². The Morgan fingerprint density at radius 3 is 2.56 bits per heavy atom. The van der Waals surface area contributed by atoms with Crippen molar-refractivity contribution in [1.29, 1.82) is 0 Å². The number of rotatable bonds is 6. The maximum absolute atomic E-state index is 10.2. The highest BCUT2D eigenvalue weighted by molar-refractivity contribution is 5.25. The van der Waals surface area contributed by atoms with Crippen molar-refractivity contribution in [3.63, 3.8) is 0 Å². The van der Waals surface area contributed by atoms with Gasteiger partial charge in [0.2, 0.25) is 0 Å². The lowest BCUT2D eigenvalue weighted by atomic mass is 9.85. The van der Waals surface area contributed by atoms with E-state index in [1.54, 1.807) is 0 Å². The molecule has 1 aliphatic rings. The Kier molecular flexibility index (Phi) is 4.79. The summed E-state index contributed by atoms with van der Waals surface area (Å²) in [5.41, 5.74) is 2.46. The number of benzene rings is 1. The van der Waals surface area contributed by atoms with Crippen LogP contribution in [0.15, 0.2) is 24.3 Å². The number of aliphatic hydroxyl groups excluding tert-OH is 1. The molecule has 0 radical (unpaired) electrons. The molecule has 0 aliphatic carbocycles. The van der Waals surface area contributed by atoms with Gasteiger partial charge in [0.15, 0.2) is 0 Å². The molecule has 2 rings (SSSR count). The van der Waals surface area contributed by atoms with Crippen molar-refractivity contribution in [3.05, 3.63) is 35.4 Å². The van der Waals surface area contributed by atoms with E-state index in [2.05, 4.69) is 38.1 Å². The summed E-state index contributed by atoms with van der Waals surface area (Å²) in [6.07, 6.45) is 4.33. The fourth-order valence-electron chi connectivity index (χ4n) is 2.53. The van der Waals surface area contributed by atoms with Crippen LogP contribution in [0.3, 0.4) is 0 Å². The summed E-state index contributed by atoms with van der Waals surface area (Å²) < 4.78 is 5.64. The molecule has 1 saturated heterocycles. The number of ether oxygens (including phenoxy) is 1. The van der Waals surface area contributed by atoms with Gasteiger partial charge in [0, 0.05) is 5.92 Å². The van der Waals surface area contributed by atoms with Crippen LogP contribution in [0.25, 0.3) is 0 Å². The van der Waals surface area contributed by atoms with Crippen LogP contribution in [0.2, 0.25) is 0 Å². The molecule has 0 bridgehead atoms. The molecule has 18 heavy (non-hydrogen) atoms. The van der Waals surface area contributed by atoms with Crippen LogP contribution in [-0.4, -0.2) is 17.8 Å².